The van der Waals surface area contributed by atoms with Gasteiger partial charge in [0.2, 0.25) is 0 Å². The monoisotopic (exact) mass is 84.0 g/mol. The van der Waals surface area contributed by atoms with Crippen molar-refractivity contribution in [1.82, 2.24) is 0 Å². The lowest BCUT2D eigenvalue weighted by Gasteiger charge is -1.35. The molecule has 0 aromatic carbocycles. The minimum absolute atomic E-state index is 1.87. The molecule has 0 saturated heterocycles. The molecule has 2 nitrogen and oxygen atoms in total. The number of nitrogens with zero attached hydrogens (tertiary/aromatic N) is 2. The van der Waals surface area contributed by atoms with Crippen molar-refractivity contribution in [3.63, 3.8) is 0 Å². The summed E-state index contributed by atoms with van der Waals surface area (Å²) in [6.45, 7) is 5.93. The van der Waals surface area contributed by atoms with Crippen LogP contribution in [0, 0.1) is 6.57 Å². The van der Waals surface area contributed by atoms with Crippen LogP contribution in [0.5, 0.6) is 0 Å². The van der Waals surface area contributed by atoms with Gasteiger partial charge in [0.1, 0.15) is 5.10 Å². The first-order valence-electron chi connectivity index (χ1n) is 0.851. The largest absolute Gasteiger partial charge is 0.180 e. The molecule has 24 valence electrons. The smallest absolute Gasteiger partial charge is 0.151 e. The molecule has 0 fully saturated rings. The average Bonchev–Trinajstić information content (AvgIpc) is 1.41. The molecule has 0 aliphatic rings. The van der Waals surface area contributed by atoms with Gasteiger partial charge in [0.25, 0.3) is 0 Å². The fourth-order valence-corrected chi connectivity index (χ4v) is 0.0612. The molecule has 0 bridgehead atoms. The topological polar surface area (TPSA) is 16.7 Å². The second-order valence-electron chi connectivity index (χ2n) is 0.291. The highest BCUT2D eigenvalue weighted by Gasteiger charge is 1.43. The Morgan fingerprint density at radius 1 is 2.00 bits per heavy atom. The molecule has 0 unspecified atom stereocenters. The molecule has 0 heterocycles. The Bertz CT molecular complexity index is 94.7. The fourth-order valence-electron chi connectivity index (χ4n) is 0.0204. The summed E-state index contributed by atoms with van der Waals surface area (Å²) in [5.74, 6) is 0. The van der Waals surface area contributed by atoms with Gasteiger partial charge in [-0.1, -0.05) is 0 Å². The van der Waals surface area contributed by atoms with Crippen LogP contribution >= 0.6 is 12.2 Å². The van der Waals surface area contributed by atoms with Crippen LogP contribution in [0.15, 0.2) is 5.10 Å². The third-order valence-corrected chi connectivity index (χ3v) is 0.172. The summed E-state index contributed by atoms with van der Waals surface area (Å²) in [4.78, 5) is 2.51. The van der Waals surface area contributed by atoms with Crippen molar-refractivity contribution in [2.75, 3.05) is 0 Å². The zero-order valence-corrected chi connectivity index (χ0v) is 3.12. The molecule has 0 N–H and O–H groups in total. The third kappa shape index (κ3) is 3.29. The van der Waals surface area contributed by atoms with Crippen molar-refractivity contribution in [1.29, 1.82) is 0 Å². The molecule has 3 heteroatoms. The van der Waals surface area contributed by atoms with Crippen molar-refractivity contribution >= 4 is 17.4 Å². The molecule has 0 atom stereocenters. The predicted molar refractivity (Wildman–Crippen MR) is 21.6 cm³/mol. The van der Waals surface area contributed by atoms with Gasteiger partial charge in [-0.05, 0) is 0 Å². The summed E-state index contributed by atoms with van der Waals surface area (Å²) >= 11 is 4.02. The number of hydrogen-bond acceptors (Lipinski definition) is 2. The summed E-state index contributed by atoms with van der Waals surface area (Å²) in [5.41, 5.74) is 0. The standard InChI is InChI=1S/C2N2S/c1-3-4-2-5. The van der Waals surface area contributed by atoms with Gasteiger partial charge in [0.05, 0.1) is 0 Å². The van der Waals surface area contributed by atoms with E-state index in [-0.39, 0.29) is 0 Å². The minimum Gasteiger partial charge on any atom is -0.180 e. The fraction of sp³-hybridized carbons (Fsp3) is 0. The van der Waals surface area contributed by atoms with Crippen molar-refractivity contribution in [3.05, 3.63) is 11.5 Å². The van der Waals surface area contributed by atoms with E-state index in [1.165, 1.54) is 0 Å². The quantitative estimate of drug-likeness (QED) is 0.184. The first-order chi connectivity index (χ1) is 2.41. The van der Waals surface area contributed by atoms with E-state index in [0.717, 1.165) is 0 Å². The maximum Gasteiger partial charge on any atom is 0.151 e. The third-order valence-electron chi connectivity index (χ3n) is 0.0908. The highest BCUT2D eigenvalue weighted by atomic mass is 32.1. The van der Waals surface area contributed by atoms with Gasteiger partial charge in [0, 0.05) is 12.2 Å². The molecule has 0 spiro atoms. The van der Waals surface area contributed by atoms with Gasteiger partial charge in [-0.15, -0.1) is 4.95 Å². The zero-order chi connectivity index (χ0) is 4.12. The molecule has 0 aliphatic heterocycles. The number of hydrogen-bond donors (Lipinski definition) is 0. The van der Waals surface area contributed by atoms with Crippen LogP contribution in [0.4, 0.5) is 0 Å². The average molecular weight is 84.1 g/mol. The summed E-state index contributed by atoms with van der Waals surface area (Å²) in [6, 6.07) is 0. The Hall–Kier alpha value is -0.710. The van der Waals surface area contributed by atoms with Crippen LogP contribution in [0.3, 0.4) is 0 Å². The molecular formula is C2N2S. The molecule has 0 aliphatic carbocycles. The Kier molecular flexibility index (Phi) is 2.82. The second kappa shape index (κ2) is 3.29. The van der Waals surface area contributed by atoms with Crippen LogP contribution in [0.1, 0.15) is 0 Å². The Morgan fingerprint density at radius 3 is 2.60 bits per heavy atom. The molecule has 0 aromatic heterocycles. The zero-order valence-electron chi connectivity index (χ0n) is 2.30. The second-order valence-corrected chi connectivity index (χ2v) is 0.474. The maximum atomic E-state index is 5.93. The molecule has 0 saturated carbocycles. The highest BCUT2D eigenvalue weighted by Crippen LogP contribution is 1.55. The SMILES string of the molecule is [C-]#[N+]N=C=S. The van der Waals surface area contributed by atoms with Crippen molar-refractivity contribution in [2.24, 2.45) is 5.10 Å². The van der Waals surface area contributed by atoms with Gasteiger partial charge < -0.3 is 0 Å². The number of isothiocyanates is 1. The van der Waals surface area contributed by atoms with E-state index in [2.05, 4.69) is 22.3 Å². The lowest BCUT2D eigenvalue weighted by Crippen LogP contribution is -1.27. The Labute approximate surface area is 34.9 Å². The highest BCUT2D eigenvalue weighted by molar-refractivity contribution is 7.78. The molecule has 0 rings (SSSR count). The molecule has 0 radical (unpaired) electrons. The van der Waals surface area contributed by atoms with E-state index in [9.17, 15) is 0 Å². The first-order valence-corrected chi connectivity index (χ1v) is 1.26. The van der Waals surface area contributed by atoms with E-state index < -0.39 is 0 Å². The minimum atomic E-state index is 1.87. The molecule has 0 amide bonds. The van der Waals surface area contributed by atoms with Crippen LogP contribution in [-0.2, 0) is 0 Å². The van der Waals surface area contributed by atoms with Crippen molar-refractivity contribution in [3.8, 4) is 0 Å². The van der Waals surface area contributed by atoms with Crippen molar-refractivity contribution < 1.29 is 0 Å². The lowest BCUT2D eigenvalue weighted by atomic mass is 11.7. The van der Waals surface area contributed by atoms with Crippen molar-refractivity contribution in [2.45, 2.75) is 0 Å². The molecular weight excluding hydrogens is 84.1 g/mol. The molecule has 0 aromatic rings. The summed E-state index contributed by atoms with van der Waals surface area (Å²) in [7, 11) is 0. The van der Waals surface area contributed by atoms with Crippen LogP contribution in [0.2, 0.25) is 0 Å². The number of rotatable bonds is 0. The Balaban J connectivity index is 3.46. The van der Waals surface area contributed by atoms with Crippen LogP contribution in [0.25, 0.3) is 4.95 Å². The summed E-state index contributed by atoms with van der Waals surface area (Å²) in [6.07, 6.45) is 0. The van der Waals surface area contributed by atoms with E-state index >= 15 is 0 Å². The summed E-state index contributed by atoms with van der Waals surface area (Å²) < 4.78 is 0. The van der Waals surface area contributed by atoms with Crippen LogP contribution < -0.4 is 0 Å². The summed E-state index contributed by atoms with van der Waals surface area (Å²) in [5, 5.41) is 4.70. The Morgan fingerprint density at radius 2 is 2.60 bits per heavy atom. The van der Waals surface area contributed by atoms with Gasteiger partial charge in [-0.3, -0.25) is 0 Å². The lowest BCUT2D eigenvalue weighted by molar-refractivity contribution is 1.62. The normalized spacial score (nSPS) is 3.80. The van der Waals surface area contributed by atoms with E-state index in [1.54, 1.807) is 0 Å². The van der Waals surface area contributed by atoms with E-state index in [1.807, 2.05) is 5.16 Å². The first kappa shape index (κ1) is 4.29. The number of thiocarbonyl (C=S) groups is 1. The van der Waals surface area contributed by atoms with Gasteiger partial charge in [-0.25, -0.2) is 0 Å². The van der Waals surface area contributed by atoms with Gasteiger partial charge in [-0.2, -0.15) is 6.57 Å². The molecule has 5 heavy (non-hydrogen) atoms. The van der Waals surface area contributed by atoms with E-state index in [0.29, 0.717) is 0 Å². The predicted octanol–water partition coefficient (Wildman–Crippen LogP) is 0.923. The van der Waals surface area contributed by atoms with Gasteiger partial charge in [0.15, 0.2) is 5.16 Å². The van der Waals surface area contributed by atoms with Gasteiger partial charge >= 0.3 is 0 Å². The van der Waals surface area contributed by atoms with Crippen LogP contribution in [-0.4, -0.2) is 5.16 Å². The maximum absolute atomic E-state index is 5.93. The van der Waals surface area contributed by atoms with E-state index in [4.69, 9.17) is 6.57 Å².